The maximum Gasteiger partial charge on any atom is 0.306 e. The summed E-state index contributed by atoms with van der Waals surface area (Å²) in [5, 5.41) is 4.47. The molecule has 0 atom stereocenters. The van der Waals surface area contributed by atoms with Crippen LogP contribution in [0.1, 0.15) is 22.5 Å². The molecule has 1 amide bonds. The minimum atomic E-state index is -0.562. The van der Waals surface area contributed by atoms with Crippen LogP contribution in [-0.4, -0.2) is 30.5 Å². The van der Waals surface area contributed by atoms with E-state index in [2.05, 4.69) is 5.32 Å². The molecule has 0 spiro atoms. The molecule has 0 unspecified atom stereocenters. The predicted octanol–water partition coefficient (Wildman–Crippen LogP) is 3.61. The first-order chi connectivity index (χ1) is 11.6. The average Bonchev–Trinajstić information content (AvgIpc) is 3.12. The highest BCUT2D eigenvalue weighted by Gasteiger charge is 2.12. The van der Waals surface area contributed by atoms with Gasteiger partial charge in [0, 0.05) is 17.0 Å². The summed E-state index contributed by atoms with van der Waals surface area (Å²) >= 11 is 2.91. The van der Waals surface area contributed by atoms with E-state index in [4.69, 9.17) is 4.74 Å². The van der Waals surface area contributed by atoms with E-state index in [1.54, 1.807) is 30.0 Å². The number of carbonyl (C=O) groups excluding carboxylic acids is 3. The Morgan fingerprint density at radius 3 is 2.71 bits per heavy atom. The highest BCUT2D eigenvalue weighted by Crippen LogP contribution is 2.18. The van der Waals surface area contributed by atoms with Crippen molar-refractivity contribution in [2.24, 2.45) is 0 Å². The van der Waals surface area contributed by atoms with Gasteiger partial charge in [0.15, 0.2) is 12.4 Å². The van der Waals surface area contributed by atoms with Crippen LogP contribution in [0.2, 0.25) is 0 Å². The Hall–Kier alpha value is -2.12. The fourth-order valence-electron chi connectivity index (χ4n) is 1.89. The summed E-state index contributed by atoms with van der Waals surface area (Å²) in [7, 11) is 0. The molecule has 0 saturated heterocycles. The molecule has 0 aliphatic heterocycles. The molecule has 0 fully saturated rings. The van der Waals surface area contributed by atoms with Gasteiger partial charge in [0.05, 0.1) is 11.3 Å². The van der Waals surface area contributed by atoms with Crippen molar-refractivity contribution in [2.45, 2.75) is 17.7 Å². The Morgan fingerprint density at radius 1 is 1.17 bits per heavy atom. The zero-order chi connectivity index (χ0) is 17.4. The van der Waals surface area contributed by atoms with Gasteiger partial charge in [-0.25, -0.2) is 0 Å². The average molecular weight is 363 g/mol. The summed E-state index contributed by atoms with van der Waals surface area (Å²) in [4.78, 5) is 36.8. The quantitative estimate of drug-likeness (QED) is 0.441. The van der Waals surface area contributed by atoms with Crippen LogP contribution in [0.25, 0.3) is 0 Å². The minimum absolute atomic E-state index is 0.0357. The first-order valence-electron chi connectivity index (χ1n) is 7.24. The van der Waals surface area contributed by atoms with E-state index in [1.807, 2.05) is 29.8 Å². The molecule has 2 rings (SSSR count). The third-order valence-corrected chi connectivity index (χ3v) is 4.71. The number of amides is 1. The van der Waals surface area contributed by atoms with Crippen LogP contribution in [0, 0.1) is 0 Å². The molecule has 1 heterocycles. The summed E-state index contributed by atoms with van der Waals surface area (Å²) in [6.07, 6.45) is 1.99. The van der Waals surface area contributed by atoms with Gasteiger partial charge in [-0.1, -0.05) is 12.1 Å². The van der Waals surface area contributed by atoms with Gasteiger partial charge >= 0.3 is 5.97 Å². The normalized spacial score (nSPS) is 10.2. The largest absolute Gasteiger partial charge is 0.456 e. The second kappa shape index (κ2) is 9.24. The van der Waals surface area contributed by atoms with Crippen molar-refractivity contribution in [1.29, 1.82) is 0 Å². The van der Waals surface area contributed by atoms with E-state index in [0.29, 0.717) is 10.6 Å². The Kier molecular flexibility index (Phi) is 7.02. The van der Waals surface area contributed by atoms with Gasteiger partial charge in [0.25, 0.3) is 5.91 Å². The molecule has 1 aromatic heterocycles. The minimum Gasteiger partial charge on any atom is -0.456 e. The van der Waals surface area contributed by atoms with Crippen LogP contribution < -0.4 is 5.32 Å². The van der Waals surface area contributed by atoms with E-state index < -0.39 is 11.9 Å². The number of benzene rings is 1. The lowest BCUT2D eigenvalue weighted by Gasteiger charge is -2.07. The Bertz CT molecular complexity index is 713. The van der Waals surface area contributed by atoms with Gasteiger partial charge in [-0.2, -0.15) is 0 Å². The van der Waals surface area contributed by atoms with Gasteiger partial charge in [-0.05, 0) is 35.9 Å². The monoisotopic (exact) mass is 363 g/mol. The fourth-order valence-corrected chi connectivity index (χ4v) is 3.05. The summed E-state index contributed by atoms with van der Waals surface area (Å²) < 4.78 is 4.90. The summed E-state index contributed by atoms with van der Waals surface area (Å²) in [5.74, 6) is -1.07. The fraction of sp³-hybridized carbons (Fsp3) is 0.235. The lowest BCUT2D eigenvalue weighted by molar-refractivity contribution is -0.147. The number of Topliss-reactive ketones (excluding diaryl/α,β-unsaturated/α-hetero) is 1. The number of thioether (sulfide) groups is 1. The van der Waals surface area contributed by atoms with Crippen molar-refractivity contribution in [3.63, 3.8) is 0 Å². The van der Waals surface area contributed by atoms with E-state index in [0.717, 1.165) is 4.90 Å². The molecule has 7 heteroatoms. The number of thiophene rings is 1. The molecule has 5 nitrogen and oxygen atoms in total. The maximum atomic E-state index is 11.8. The molecule has 0 aliphatic rings. The smallest absolute Gasteiger partial charge is 0.306 e. The summed E-state index contributed by atoms with van der Waals surface area (Å²) in [5.41, 5.74) is 0.649. The number of anilines is 1. The van der Waals surface area contributed by atoms with Crippen molar-refractivity contribution >= 4 is 46.4 Å². The van der Waals surface area contributed by atoms with Crippen LogP contribution >= 0.6 is 23.1 Å². The highest BCUT2D eigenvalue weighted by atomic mass is 32.2. The first-order valence-corrected chi connectivity index (χ1v) is 9.35. The molecule has 0 bridgehead atoms. The number of hydrogen-bond donors (Lipinski definition) is 1. The summed E-state index contributed by atoms with van der Waals surface area (Å²) in [6, 6.07) is 10.9. The van der Waals surface area contributed by atoms with E-state index in [-0.39, 0.29) is 25.2 Å². The van der Waals surface area contributed by atoms with Crippen LogP contribution in [-0.2, 0) is 14.3 Å². The Balaban J connectivity index is 1.71. The van der Waals surface area contributed by atoms with Gasteiger partial charge in [0.1, 0.15) is 0 Å². The van der Waals surface area contributed by atoms with Gasteiger partial charge in [-0.3, -0.25) is 14.4 Å². The third kappa shape index (κ3) is 5.82. The first kappa shape index (κ1) is 18.2. The van der Waals surface area contributed by atoms with E-state index in [9.17, 15) is 14.4 Å². The Morgan fingerprint density at radius 2 is 2.00 bits per heavy atom. The molecule has 0 aliphatic carbocycles. The lowest BCUT2D eigenvalue weighted by atomic mass is 10.2. The molecular weight excluding hydrogens is 346 g/mol. The van der Waals surface area contributed by atoms with Crippen LogP contribution in [0.4, 0.5) is 5.69 Å². The maximum absolute atomic E-state index is 11.8. The zero-order valence-electron chi connectivity index (χ0n) is 13.1. The number of carbonyl (C=O) groups is 3. The molecular formula is C17H17NO4S2. The van der Waals surface area contributed by atoms with E-state index in [1.165, 1.54) is 11.3 Å². The molecule has 1 aromatic carbocycles. The number of ether oxygens (including phenoxy) is 1. The lowest BCUT2D eigenvalue weighted by Crippen LogP contribution is -2.21. The van der Waals surface area contributed by atoms with Crippen LogP contribution in [0.5, 0.6) is 0 Å². The second-order valence-electron chi connectivity index (χ2n) is 4.84. The van der Waals surface area contributed by atoms with Crippen molar-refractivity contribution in [2.75, 3.05) is 18.2 Å². The summed E-state index contributed by atoms with van der Waals surface area (Å²) in [6.45, 7) is -0.366. The van der Waals surface area contributed by atoms with Crippen molar-refractivity contribution in [3.05, 3.63) is 46.7 Å². The number of esters is 1. The van der Waals surface area contributed by atoms with Crippen molar-refractivity contribution in [1.82, 2.24) is 0 Å². The number of rotatable bonds is 8. The number of ketones is 1. The zero-order valence-corrected chi connectivity index (χ0v) is 14.7. The molecule has 1 N–H and O–H groups in total. The van der Waals surface area contributed by atoms with Crippen molar-refractivity contribution in [3.8, 4) is 0 Å². The van der Waals surface area contributed by atoms with Crippen LogP contribution in [0.3, 0.4) is 0 Å². The van der Waals surface area contributed by atoms with Gasteiger partial charge < -0.3 is 10.1 Å². The molecule has 2 aromatic rings. The van der Waals surface area contributed by atoms with E-state index >= 15 is 0 Å². The third-order valence-electron chi connectivity index (χ3n) is 3.07. The van der Waals surface area contributed by atoms with Crippen molar-refractivity contribution < 1.29 is 19.1 Å². The Labute approximate surface area is 148 Å². The van der Waals surface area contributed by atoms with Gasteiger partial charge in [-0.15, -0.1) is 23.1 Å². The topological polar surface area (TPSA) is 72.5 Å². The molecule has 0 saturated carbocycles. The van der Waals surface area contributed by atoms with Gasteiger partial charge in [0.2, 0.25) is 0 Å². The molecule has 24 heavy (non-hydrogen) atoms. The predicted molar refractivity (Wildman–Crippen MR) is 95.7 cm³/mol. The highest BCUT2D eigenvalue weighted by molar-refractivity contribution is 7.98. The molecule has 126 valence electrons. The standard InChI is InChI=1S/C17H17NO4S2/c1-23-13-5-2-4-12(10-13)18-16(20)11-22-17(21)8-7-14(19)15-6-3-9-24-15/h2-6,9-10H,7-8,11H2,1H3,(H,18,20). The molecule has 0 radical (unpaired) electrons. The van der Waals surface area contributed by atoms with Crippen LogP contribution in [0.15, 0.2) is 46.7 Å². The SMILES string of the molecule is CSc1cccc(NC(=O)COC(=O)CCC(=O)c2cccs2)c1. The number of nitrogens with one attached hydrogen (secondary N) is 1. The second-order valence-corrected chi connectivity index (χ2v) is 6.67. The number of hydrogen-bond acceptors (Lipinski definition) is 6.